The van der Waals surface area contributed by atoms with Gasteiger partial charge >= 0.3 is 0 Å². The number of aliphatic imine (C=N–C) groups is 2. The number of ketones is 1. The van der Waals surface area contributed by atoms with E-state index in [1.54, 1.807) is 12.7 Å². The van der Waals surface area contributed by atoms with Gasteiger partial charge in [0.2, 0.25) is 0 Å². The first-order valence-corrected chi connectivity index (χ1v) is 15.7. The number of hydrogen-bond acceptors (Lipinski definition) is 5. The Bertz CT molecular complexity index is 1190. The van der Waals surface area contributed by atoms with Crippen LogP contribution in [0.5, 0.6) is 0 Å². The summed E-state index contributed by atoms with van der Waals surface area (Å²) < 4.78 is 0. The molecule has 0 bridgehead atoms. The van der Waals surface area contributed by atoms with Crippen molar-refractivity contribution in [2.24, 2.45) is 21.8 Å². The first-order chi connectivity index (χ1) is 20.7. The molecule has 0 aliphatic heterocycles. The highest BCUT2D eigenvalue weighted by molar-refractivity contribution is 5.97. The van der Waals surface area contributed by atoms with E-state index < -0.39 is 0 Å². The van der Waals surface area contributed by atoms with E-state index in [0.717, 1.165) is 62.5 Å². The molecule has 0 atom stereocenters. The van der Waals surface area contributed by atoms with Crippen LogP contribution in [0.25, 0.3) is 0 Å². The van der Waals surface area contributed by atoms with Crippen LogP contribution in [-0.4, -0.2) is 66.9 Å². The van der Waals surface area contributed by atoms with Gasteiger partial charge in [0.15, 0.2) is 5.78 Å². The number of anilines is 2. The Labute approximate surface area is 259 Å². The van der Waals surface area contributed by atoms with Crippen LogP contribution in [0.15, 0.2) is 65.2 Å². The monoisotopic (exact) mass is 588 g/mol. The van der Waals surface area contributed by atoms with E-state index in [1.165, 1.54) is 6.20 Å². The molecule has 0 saturated carbocycles. The number of carbonyl (C=O) groups excluding carboxylic acids is 2. The molecule has 2 aromatic rings. The third kappa shape index (κ3) is 12.8. The number of hydrogen-bond donors (Lipinski definition) is 2. The Morgan fingerprint density at radius 2 is 1.58 bits per heavy atom. The Balaban J connectivity index is 2.25. The van der Waals surface area contributed by atoms with Gasteiger partial charge in [-0.15, -0.1) is 0 Å². The number of carbonyl (C=O) groups is 2. The topological polar surface area (TPSA) is 89.4 Å². The van der Waals surface area contributed by atoms with Gasteiger partial charge in [0.25, 0.3) is 5.91 Å². The molecule has 0 aliphatic carbocycles. The second kappa shape index (κ2) is 19.3. The molecule has 2 aromatic carbocycles. The molecule has 1 amide bonds. The number of nitrogens with zero attached hydrogens (tertiary/aromatic N) is 4. The molecule has 8 nitrogen and oxygen atoms in total. The summed E-state index contributed by atoms with van der Waals surface area (Å²) in [5, 5.41) is 6.71. The van der Waals surface area contributed by atoms with Gasteiger partial charge in [0, 0.05) is 62.2 Å². The summed E-state index contributed by atoms with van der Waals surface area (Å²) in [7, 11) is 0. The van der Waals surface area contributed by atoms with E-state index in [-0.39, 0.29) is 11.7 Å². The average Bonchev–Trinajstić information content (AvgIpc) is 3.00. The van der Waals surface area contributed by atoms with E-state index in [1.807, 2.05) is 54.3 Å². The van der Waals surface area contributed by atoms with Crippen molar-refractivity contribution in [1.29, 1.82) is 0 Å². The highest BCUT2D eigenvalue weighted by atomic mass is 16.2. The van der Waals surface area contributed by atoms with Crippen molar-refractivity contribution in [3.63, 3.8) is 0 Å². The summed E-state index contributed by atoms with van der Waals surface area (Å²) in [4.78, 5) is 38.5. The minimum Gasteiger partial charge on any atom is -0.383 e. The third-order valence-electron chi connectivity index (χ3n) is 7.13. The predicted molar refractivity (Wildman–Crippen MR) is 183 cm³/mol. The highest BCUT2D eigenvalue weighted by Gasteiger charge is 2.18. The van der Waals surface area contributed by atoms with Crippen LogP contribution in [0.4, 0.5) is 17.1 Å². The summed E-state index contributed by atoms with van der Waals surface area (Å²) in [5.41, 5.74) is 3.74. The zero-order valence-corrected chi connectivity index (χ0v) is 27.1. The fourth-order valence-electron chi connectivity index (χ4n) is 4.33. The lowest BCUT2D eigenvalue weighted by Gasteiger charge is -2.25. The zero-order valence-electron chi connectivity index (χ0n) is 27.1. The average molecular weight is 589 g/mol. The largest absolute Gasteiger partial charge is 0.383 e. The van der Waals surface area contributed by atoms with Crippen molar-refractivity contribution < 1.29 is 9.59 Å². The standard InChI is InChI=1S/C35H52N6O2/c1-8-34(42)29-12-15-31(16-13-29)38-25-39-32-17-14-30(35(43)41(22-18-27(4)5)23-19-28(6)7)24-33(32)37-20-11-21-40(10-3)26-36-9-2/h9,12-17,24-28,37H,2,8,10-11,18-23H2,1,3-7H3,(H,38,39). The van der Waals surface area contributed by atoms with Crippen molar-refractivity contribution >= 4 is 41.4 Å². The number of nitrogens with one attached hydrogen (secondary N) is 2. The molecular weight excluding hydrogens is 536 g/mol. The first kappa shape index (κ1) is 35.3. The Hall–Kier alpha value is -3.94. The summed E-state index contributed by atoms with van der Waals surface area (Å²) in [6.07, 6.45) is 8.29. The molecule has 43 heavy (non-hydrogen) atoms. The summed E-state index contributed by atoms with van der Waals surface area (Å²) in [6.45, 7) is 20.3. The molecule has 0 aliphatic rings. The Kier molecular flexibility index (Phi) is 15.8. The number of Topliss-reactive ketones (excluding diaryl/α,β-unsaturated/α-hetero) is 1. The van der Waals surface area contributed by atoms with E-state index in [4.69, 9.17) is 0 Å². The van der Waals surface area contributed by atoms with Gasteiger partial charge in [-0.05, 0) is 80.5 Å². The molecule has 2 rings (SSSR count). The number of amides is 1. The fourth-order valence-corrected chi connectivity index (χ4v) is 4.33. The van der Waals surface area contributed by atoms with Crippen molar-refractivity contribution in [2.75, 3.05) is 43.4 Å². The predicted octanol–water partition coefficient (Wildman–Crippen LogP) is 7.88. The van der Waals surface area contributed by atoms with Crippen molar-refractivity contribution in [2.45, 2.75) is 67.2 Å². The van der Waals surface area contributed by atoms with E-state index >= 15 is 0 Å². The Morgan fingerprint density at radius 3 is 2.16 bits per heavy atom. The van der Waals surface area contributed by atoms with E-state index in [2.05, 4.69) is 66.7 Å². The van der Waals surface area contributed by atoms with Gasteiger partial charge in [-0.2, -0.15) is 0 Å². The number of rotatable bonds is 20. The van der Waals surface area contributed by atoms with Crippen molar-refractivity contribution in [3.05, 3.63) is 66.4 Å². The van der Waals surface area contributed by atoms with Crippen LogP contribution in [0, 0.1) is 11.8 Å². The quantitative estimate of drug-likeness (QED) is 0.0711. The van der Waals surface area contributed by atoms with Crippen LogP contribution in [0.2, 0.25) is 0 Å². The third-order valence-corrected chi connectivity index (χ3v) is 7.13. The maximum atomic E-state index is 13.7. The van der Waals surface area contributed by atoms with Crippen LogP contribution in [0.1, 0.15) is 87.9 Å². The molecule has 8 heteroatoms. The van der Waals surface area contributed by atoms with Crippen LogP contribution in [-0.2, 0) is 0 Å². The molecular formula is C35H52N6O2. The van der Waals surface area contributed by atoms with Crippen molar-refractivity contribution in [1.82, 2.24) is 9.80 Å². The summed E-state index contributed by atoms with van der Waals surface area (Å²) in [6, 6.07) is 13.1. The van der Waals surface area contributed by atoms with Gasteiger partial charge in [0.05, 0.1) is 24.1 Å². The maximum Gasteiger partial charge on any atom is 0.253 e. The Morgan fingerprint density at radius 1 is 0.930 bits per heavy atom. The highest BCUT2D eigenvalue weighted by Crippen LogP contribution is 2.27. The lowest BCUT2D eigenvalue weighted by Crippen LogP contribution is -2.34. The minimum atomic E-state index is 0.0533. The van der Waals surface area contributed by atoms with Crippen LogP contribution < -0.4 is 10.6 Å². The molecule has 0 heterocycles. The molecule has 0 fully saturated rings. The molecule has 0 unspecified atom stereocenters. The fraction of sp³-hybridized carbons (Fsp3) is 0.486. The van der Waals surface area contributed by atoms with Crippen molar-refractivity contribution in [3.8, 4) is 0 Å². The molecule has 0 spiro atoms. The zero-order chi connectivity index (χ0) is 31.6. The molecule has 0 aromatic heterocycles. The lowest BCUT2D eigenvalue weighted by molar-refractivity contribution is 0.0740. The molecule has 2 N–H and O–H groups in total. The summed E-state index contributed by atoms with van der Waals surface area (Å²) in [5.74, 6) is 1.22. The van der Waals surface area contributed by atoms with E-state index in [0.29, 0.717) is 35.9 Å². The van der Waals surface area contributed by atoms with E-state index in [9.17, 15) is 9.59 Å². The second-order valence-corrected chi connectivity index (χ2v) is 11.5. The minimum absolute atomic E-state index is 0.0533. The van der Waals surface area contributed by atoms with Gasteiger partial charge in [0.1, 0.15) is 0 Å². The first-order valence-electron chi connectivity index (χ1n) is 15.7. The molecule has 0 saturated heterocycles. The van der Waals surface area contributed by atoms with Gasteiger partial charge in [-0.1, -0.05) is 41.2 Å². The normalized spacial score (nSPS) is 11.4. The van der Waals surface area contributed by atoms with Gasteiger partial charge in [-0.25, -0.2) is 9.98 Å². The van der Waals surface area contributed by atoms with Crippen LogP contribution in [0.3, 0.4) is 0 Å². The van der Waals surface area contributed by atoms with Gasteiger partial charge in [-0.3, -0.25) is 9.59 Å². The van der Waals surface area contributed by atoms with Gasteiger partial charge < -0.3 is 20.4 Å². The molecule has 0 radical (unpaired) electrons. The van der Waals surface area contributed by atoms with Crippen LogP contribution >= 0.6 is 0 Å². The number of benzene rings is 2. The maximum absolute atomic E-state index is 13.7. The summed E-state index contributed by atoms with van der Waals surface area (Å²) >= 11 is 0. The SMILES string of the molecule is C=CN=CN(CC)CCCNc1cc(C(=O)N(CCC(C)C)CCC(C)C)ccc1N=CNc1ccc(C(=O)CC)cc1. The second-order valence-electron chi connectivity index (χ2n) is 11.5. The molecule has 234 valence electrons. The smallest absolute Gasteiger partial charge is 0.253 e. The lowest BCUT2D eigenvalue weighted by atomic mass is 10.1.